The average molecular weight is 466 g/mol. The molecule has 10 atom stereocenters. The summed E-state index contributed by atoms with van der Waals surface area (Å²) in [6, 6.07) is -1.91. The van der Waals surface area contributed by atoms with E-state index in [0.29, 0.717) is 0 Å². The maximum absolute atomic E-state index is 11.5. The maximum Gasteiger partial charge on any atom is 0.327 e. The normalized spacial score (nSPS) is 39.4. The number of rotatable bonds is 7. The molecule has 2 heterocycles. The molecule has 0 radical (unpaired) electrons. The van der Waals surface area contributed by atoms with Crippen molar-refractivity contribution in [1.82, 2.24) is 5.32 Å². The lowest BCUT2D eigenvalue weighted by Gasteiger charge is -2.47. The average Bonchev–Trinajstić information content (AvgIpc) is 2.76. The van der Waals surface area contributed by atoms with Gasteiger partial charge in [0.05, 0.1) is 31.5 Å². The first-order valence-corrected chi connectivity index (χ1v) is 9.97. The van der Waals surface area contributed by atoms with Crippen LogP contribution in [0.3, 0.4) is 0 Å². The summed E-state index contributed by atoms with van der Waals surface area (Å²) >= 11 is 0. The fourth-order valence-corrected chi connectivity index (χ4v) is 3.43. The molecule has 32 heavy (non-hydrogen) atoms. The van der Waals surface area contributed by atoms with Crippen LogP contribution >= 0.6 is 0 Å². The van der Waals surface area contributed by atoms with Crippen LogP contribution in [0.5, 0.6) is 0 Å². The van der Waals surface area contributed by atoms with E-state index < -0.39 is 79.6 Å². The van der Waals surface area contributed by atoms with E-state index in [0.717, 1.165) is 6.08 Å². The van der Waals surface area contributed by atoms with Gasteiger partial charge in [-0.05, 0) is 0 Å². The number of hydrogen-bond acceptors (Lipinski definition) is 11. The third-order valence-electron chi connectivity index (χ3n) is 5.24. The molecule has 13 heteroatoms. The number of nitrogens with one attached hydrogen (secondary N) is 1. The van der Waals surface area contributed by atoms with E-state index in [-0.39, 0.29) is 6.61 Å². The van der Waals surface area contributed by atoms with Gasteiger partial charge in [0.2, 0.25) is 5.91 Å². The minimum atomic E-state index is -1.32. The van der Waals surface area contributed by atoms with Gasteiger partial charge in [0.1, 0.15) is 24.4 Å². The van der Waals surface area contributed by atoms with Crippen LogP contribution in [0.25, 0.3) is 0 Å². The topological polar surface area (TPSA) is 210 Å². The van der Waals surface area contributed by atoms with Crippen LogP contribution in [0.4, 0.5) is 0 Å². The van der Waals surface area contributed by atoms with Crippen LogP contribution in [0.15, 0.2) is 12.7 Å². The van der Waals surface area contributed by atoms with Crippen LogP contribution < -0.4 is 11.1 Å². The van der Waals surface area contributed by atoms with Gasteiger partial charge in [-0.15, -0.1) is 0 Å². The van der Waals surface area contributed by atoms with Crippen LogP contribution in [-0.2, 0) is 28.5 Å². The molecule has 0 aromatic heterocycles. The van der Waals surface area contributed by atoms with E-state index in [4.69, 9.17) is 29.8 Å². The third kappa shape index (κ3) is 7.16. The highest BCUT2D eigenvalue weighted by atomic mass is 16.7. The van der Waals surface area contributed by atoms with Crippen molar-refractivity contribution < 1.29 is 54.1 Å². The predicted molar refractivity (Wildman–Crippen MR) is 108 cm³/mol. The minimum Gasteiger partial charge on any atom is -0.478 e. The summed E-state index contributed by atoms with van der Waals surface area (Å²) in [5, 5.41) is 50.2. The minimum absolute atomic E-state index is 0.349. The molecule has 2 aliphatic rings. The van der Waals surface area contributed by atoms with Gasteiger partial charge < -0.3 is 55.5 Å². The highest BCUT2D eigenvalue weighted by molar-refractivity contribution is 5.78. The summed E-state index contributed by atoms with van der Waals surface area (Å²) in [5.41, 5.74) is 5.99. The monoisotopic (exact) mass is 466 g/mol. The number of methoxy groups -OCH3 is 1. The Morgan fingerprint density at radius 1 is 1.12 bits per heavy atom. The lowest BCUT2D eigenvalue weighted by molar-refractivity contribution is -0.323. The first kappa shape index (κ1) is 28.4. The van der Waals surface area contributed by atoms with Crippen molar-refractivity contribution in [2.45, 2.75) is 69.0 Å². The largest absolute Gasteiger partial charge is 0.478 e. The zero-order chi connectivity index (χ0) is 24.6. The lowest BCUT2D eigenvalue weighted by Crippen LogP contribution is -2.67. The van der Waals surface area contributed by atoms with Gasteiger partial charge in [0, 0.05) is 26.0 Å². The predicted octanol–water partition coefficient (Wildman–Crippen LogP) is -3.10. The molecular weight excluding hydrogens is 432 g/mol. The van der Waals surface area contributed by atoms with E-state index >= 15 is 0 Å². The van der Waals surface area contributed by atoms with Crippen molar-refractivity contribution in [3.05, 3.63) is 12.7 Å². The second-order valence-corrected chi connectivity index (χ2v) is 7.47. The summed E-state index contributed by atoms with van der Waals surface area (Å²) in [6.45, 7) is 5.07. The number of aliphatic hydroxyl groups is 4. The van der Waals surface area contributed by atoms with Crippen molar-refractivity contribution in [2.24, 2.45) is 11.7 Å². The fraction of sp³-hybridized carbons (Fsp3) is 0.789. The number of aliphatic hydroxyl groups excluding tert-OH is 4. The third-order valence-corrected chi connectivity index (χ3v) is 5.24. The zero-order valence-corrected chi connectivity index (χ0v) is 18.2. The number of carboxylic acids is 1. The Morgan fingerprint density at radius 3 is 2.09 bits per heavy atom. The lowest BCUT2D eigenvalue weighted by atomic mass is 9.89. The first-order chi connectivity index (χ1) is 15.0. The van der Waals surface area contributed by atoms with Gasteiger partial charge in [0.15, 0.2) is 12.6 Å². The maximum atomic E-state index is 11.5. The van der Waals surface area contributed by atoms with Gasteiger partial charge in [-0.2, -0.15) is 0 Å². The molecule has 2 saturated heterocycles. The SMILES string of the molecule is C=CC(=O)O.COC1OC(CO)C(OC2OC(CO)C(C)C(O)C2N)C(O)C1NC(C)=O. The van der Waals surface area contributed by atoms with Gasteiger partial charge >= 0.3 is 5.97 Å². The van der Waals surface area contributed by atoms with E-state index in [1.165, 1.54) is 14.0 Å². The smallest absolute Gasteiger partial charge is 0.327 e. The van der Waals surface area contributed by atoms with Crippen LogP contribution in [0, 0.1) is 5.92 Å². The van der Waals surface area contributed by atoms with Crippen LogP contribution in [-0.4, -0.2) is 113 Å². The first-order valence-electron chi connectivity index (χ1n) is 9.97. The Hall–Kier alpha value is -1.68. The Morgan fingerprint density at radius 2 is 1.66 bits per heavy atom. The van der Waals surface area contributed by atoms with Crippen molar-refractivity contribution in [3.63, 3.8) is 0 Å². The Balaban J connectivity index is 0.000000920. The Labute approximate surface area is 185 Å². The number of carbonyl (C=O) groups excluding carboxylic acids is 1. The number of carboxylic acid groups (broad SMARTS) is 1. The second-order valence-electron chi connectivity index (χ2n) is 7.47. The Kier molecular flexibility index (Phi) is 11.6. The molecule has 8 N–H and O–H groups in total. The molecule has 2 rings (SSSR count). The van der Waals surface area contributed by atoms with E-state index in [1.807, 2.05) is 0 Å². The molecule has 2 fully saturated rings. The second kappa shape index (κ2) is 13.1. The van der Waals surface area contributed by atoms with Crippen molar-refractivity contribution in [1.29, 1.82) is 0 Å². The molecule has 0 spiro atoms. The van der Waals surface area contributed by atoms with E-state index in [2.05, 4.69) is 11.9 Å². The number of hydrogen-bond donors (Lipinski definition) is 7. The molecule has 0 aromatic carbocycles. The van der Waals surface area contributed by atoms with Gasteiger partial charge in [-0.25, -0.2) is 4.79 Å². The van der Waals surface area contributed by atoms with Gasteiger partial charge in [-0.3, -0.25) is 4.79 Å². The summed E-state index contributed by atoms with van der Waals surface area (Å²) in [4.78, 5) is 20.7. The molecule has 10 unspecified atom stereocenters. The van der Waals surface area contributed by atoms with Crippen molar-refractivity contribution in [3.8, 4) is 0 Å². The zero-order valence-electron chi connectivity index (χ0n) is 18.2. The molecule has 2 aliphatic heterocycles. The standard InChI is InChI=1S/C16H30N2O9.C3H4O2/c1-6-8(4-19)25-15(10(17)12(6)22)27-14-9(5-20)26-16(24-3)11(13(14)23)18-7(2)21;1-2-3(4)5/h6,8-16,19-20,22-23H,4-5,17H2,1-3H3,(H,18,21);2H,1H2,(H,4,5). The van der Waals surface area contributed by atoms with E-state index in [1.54, 1.807) is 6.92 Å². The molecule has 1 amide bonds. The number of carbonyl (C=O) groups is 2. The molecule has 0 bridgehead atoms. The molecule has 0 aromatic rings. The Bertz CT molecular complexity index is 620. The fourth-order valence-electron chi connectivity index (χ4n) is 3.43. The van der Waals surface area contributed by atoms with Gasteiger partial charge in [0.25, 0.3) is 0 Å². The van der Waals surface area contributed by atoms with Gasteiger partial charge in [-0.1, -0.05) is 13.5 Å². The highest BCUT2D eigenvalue weighted by Crippen LogP contribution is 2.30. The molecule has 0 aliphatic carbocycles. The summed E-state index contributed by atoms with van der Waals surface area (Å²) in [5.74, 6) is -1.82. The molecule has 186 valence electrons. The number of nitrogens with two attached hydrogens (primary N) is 1. The molecule has 13 nitrogen and oxygen atoms in total. The quantitative estimate of drug-likeness (QED) is 0.186. The van der Waals surface area contributed by atoms with Crippen molar-refractivity contribution in [2.75, 3.05) is 20.3 Å². The molecular formula is C19H34N2O11. The summed E-state index contributed by atoms with van der Waals surface area (Å²) in [7, 11) is 1.34. The van der Waals surface area contributed by atoms with E-state index in [9.17, 15) is 30.0 Å². The number of ether oxygens (including phenoxy) is 4. The number of amides is 1. The van der Waals surface area contributed by atoms with Crippen LogP contribution in [0.1, 0.15) is 13.8 Å². The summed E-state index contributed by atoms with van der Waals surface area (Å²) < 4.78 is 22.1. The number of aliphatic carboxylic acids is 1. The molecule has 0 saturated carbocycles. The highest BCUT2D eigenvalue weighted by Gasteiger charge is 2.50. The summed E-state index contributed by atoms with van der Waals surface area (Å²) in [6.07, 6.45) is -6.49. The van der Waals surface area contributed by atoms with Crippen molar-refractivity contribution >= 4 is 11.9 Å². The van der Waals surface area contributed by atoms with Crippen LogP contribution in [0.2, 0.25) is 0 Å².